The molecule has 9 heteroatoms. The van der Waals surface area contributed by atoms with Crippen molar-refractivity contribution in [2.75, 3.05) is 12.3 Å². The summed E-state index contributed by atoms with van der Waals surface area (Å²) in [4.78, 5) is 31.1. The smallest absolute Gasteiger partial charge is 0.255 e. The van der Waals surface area contributed by atoms with Crippen LogP contribution in [0.1, 0.15) is 23.1 Å². The molecule has 4 heterocycles. The number of nitrogens with zero attached hydrogens (tertiary/aromatic N) is 5. The van der Waals surface area contributed by atoms with Crippen molar-refractivity contribution in [2.24, 2.45) is 0 Å². The van der Waals surface area contributed by atoms with Gasteiger partial charge in [0.25, 0.3) is 5.91 Å². The van der Waals surface area contributed by atoms with E-state index in [0.29, 0.717) is 35.8 Å². The maximum absolute atomic E-state index is 12.8. The van der Waals surface area contributed by atoms with Crippen molar-refractivity contribution in [3.63, 3.8) is 0 Å². The third kappa shape index (κ3) is 3.35. The van der Waals surface area contributed by atoms with Gasteiger partial charge in [0.15, 0.2) is 0 Å². The number of nitrogens with two attached hydrogens (primary N) is 1. The van der Waals surface area contributed by atoms with Gasteiger partial charge in [-0.05, 0) is 37.3 Å². The molecule has 9 nitrogen and oxygen atoms in total. The van der Waals surface area contributed by atoms with Crippen molar-refractivity contribution in [3.05, 3.63) is 66.4 Å². The molecule has 0 spiro atoms. The minimum atomic E-state index is -0.101. The molecule has 154 valence electrons. The Morgan fingerprint density at radius 3 is 2.81 bits per heavy atom. The van der Waals surface area contributed by atoms with Crippen LogP contribution in [-0.2, 0) is 6.54 Å². The van der Waals surface area contributed by atoms with Crippen LogP contribution in [0.3, 0.4) is 0 Å². The average Bonchev–Trinajstić information content (AvgIpc) is 3.48. The lowest BCUT2D eigenvalue weighted by Gasteiger charge is -2.19. The van der Waals surface area contributed by atoms with Crippen molar-refractivity contribution in [2.45, 2.75) is 13.5 Å². The molecule has 0 fully saturated rings. The predicted octanol–water partition coefficient (Wildman–Crippen LogP) is 3.14. The van der Waals surface area contributed by atoms with Gasteiger partial charge in [0.2, 0.25) is 0 Å². The van der Waals surface area contributed by atoms with E-state index in [1.807, 2.05) is 31.2 Å². The molecular weight excluding hydrogens is 392 g/mol. The monoisotopic (exact) mass is 412 g/mol. The number of nitrogen functional groups attached to an aromatic ring is 1. The number of aromatic nitrogens is 6. The Hall–Kier alpha value is -4.27. The summed E-state index contributed by atoms with van der Waals surface area (Å²) in [5, 5.41) is 7.84. The zero-order valence-corrected chi connectivity index (χ0v) is 16.8. The van der Waals surface area contributed by atoms with Gasteiger partial charge in [0.05, 0.1) is 23.3 Å². The number of fused-ring (bicyclic) bond motifs is 3. The normalized spacial score (nSPS) is 11.3. The summed E-state index contributed by atoms with van der Waals surface area (Å²) < 4.78 is 0. The quantitative estimate of drug-likeness (QED) is 0.407. The van der Waals surface area contributed by atoms with Crippen LogP contribution in [-0.4, -0.2) is 47.5 Å². The molecule has 0 aliphatic rings. The van der Waals surface area contributed by atoms with Crippen molar-refractivity contribution in [3.8, 4) is 11.3 Å². The molecule has 0 aliphatic heterocycles. The van der Waals surface area contributed by atoms with Crippen molar-refractivity contribution < 1.29 is 4.79 Å². The Labute approximate surface area is 177 Å². The topological polar surface area (TPSA) is 129 Å². The molecule has 1 amide bonds. The molecule has 0 aliphatic carbocycles. The van der Waals surface area contributed by atoms with E-state index in [0.717, 1.165) is 27.7 Å². The molecule has 0 atom stereocenters. The van der Waals surface area contributed by atoms with Crippen LogP contribution < -0.4 is 5.73 Å². The van der Waals surface area contributed by atoms with E-state index in [1.54, 1.807) is 35.6 Å². The molecule has 0 radical (unpaired) electrons. The number of carbonyl (C=O) groups excluding carboxylic acids is 1. The number of hydrogen-bond acceptors (Lipinski definition) is 6. The summed E-state index contributed by atoms with van der Waals surface area (Å²) in [5.74, 6) is 0.911. The summed E-state index contributed by atoms with van der Waals surface area (Å²) in [6.45, 7) is 2.79. The van der Waals surface area contributed by atoms with E-state index in [2.05, 4.69) is 25.1 Å². The maximum atomic E-state index is 12.8. The SMILES string of the molecule is CCN(Cc1nc2c([nH]1)c(N)nc1cc(-c3ccn[nH]3)ccc12)C(=O)c1cccnc1. The summed E-state index contributed by atoms with van der Waals surface area (Å²) in [6.07, 6.45) is 4.91. The number of benzene rings is 1. The van der Waals surface area contributed by atoms with Gasteiger partial charge in [0.1, 0.15) is 22.7 Å². The molecular formula is C22H20N8O. The standard InChI is InChI=1S/C22H20N8O/c1-2-30(22(31)14-4-3-8-24-11-14)12-18-27-19-15-6-5-13(16-7-9-25-29-16)10-17(15)26-21(23)20(19)28-18/h3-11H,2,12H2,1H3,(H2,23,26)(H,25,29)(H,27,28). The van der Waals surface area contributed by atoms with Crippen LogP contribution in [0.25, 0.3) is 33.2 Å². The molecule has 4 aromatic heterocycles. The Morgan fingerprint density at radius 2 is 2.06 bits per heavy atom. The molecule has 31 heavy (non-hydrogen) atoms. The average molecular weight is 412 g/mol. The van der Waals surface area contributed by atoms with E-state index in [1.165, 1.54) is 0 Å². The van der Waals surface area contributed by atoms with Crippen LogP contribution in [0.4, 0.5) is 5.82 Å². The highest BCUT2D eigenvalue weighted by atomic mass is 16.2. The van der Waals surface area contributed by atoms with Gasteiger partial charge in [-0.2, -0.15) is 5.10 Å². The number of hydrogen-bond donors (Lipinski definition) is 3. The van der Waals surface area contributed by atoms with E-state index < -0.39 is 0 Å². The Morgan fingerprint density at radius 1 is 1.16 bits per heavy atom. The third-order valence-corrected chi connectivity index (χ3v) is 5.23. The second kappa shape index (κ2) is 7.52. The molecule has 4 N–H and O–H groups in total. The van der Waals surface area contributed by atoms with E-state index in [9.17, 15) is 4.79 Å². The summed E-state index contributed by atoms with van der Waals surface area (Å²) in [7, 11) is 0. The fourth-order valence-electron chi connectivity index (χ4n) is 3.65. The molecule has 5 aromatic rings. The van der Waals surface area contributed by atoms with Crippen LogP contribution in [0, 0.1) is 0 Å². The van der Waals surface area contributed by atoms with Gasteiger partial charge in [-0.25, -0.2) is 9.97 Å². The minimum Gasteiger partial charge on any atom is -0.382 e. The largest absolute Gasteiger partial charge is 0.382 e. The first-order chi connectivity index (χ1) is 15.1. The number of amides is 1. The van der Waals surface area contributed by atoms with E-state index >= 15 is 0 Å². The maximum Gasteiger partial charge on any atom is 0.255 e. The summed E-state index contributed by atoms with van der Waals surface area (Å²) in [5.41, 5.74) is 10.8. The lowest BCUT2D eigenvalue weighted by atomic mass is 10.1. The molecule has 0 saturated heterocycles. The number of nitrogens with one attached hydrogen (secondary N) is 2. The molecule has 5 rings (SSSR count). The van der Waals surface area contributed by atoms with Crippen molar-refractivity contribution in [1.29, 1.82) is 0 Å². The second-order valence-corrected chi connectivity index (χ2v) is 7.17. The number of imidazole rings is 1. The van der Waals surface area contributed by atoms with Crippen LogP contribution >= 0.6 is 0 Å². The van der Waals surface area contributed by atoms with Gasteiger partial charge in [0, 0.05) is 36.1 Å². The fourth-order valence-corrected chi connectivity index (χ4v) is 3.65. The summed E-state index contributed by atoms with van der Waals surface area (Å²) >= 11 is 0. The van der Waals surface area contributed by atoms with Gasteiger partial charge >= 0.3 is 0 Å². The lowest BCUT2D eigenvalue weighted by molar-refractivity contribution is 0.0748. The number of pyridine rings is 2. The first-order valence-electron chi connectivity index (χ1n) is 9.91. The number of carbonyl (C=O) groups is 1. The molecule has 0 saturated carbocycles. The van der Waals surface area contributed by atoms with E-state index in [-0.39, 0.29) is 5.91 Å². The van der Waals surface area contributed by atoms with E-state index in [4.69, 9.17) is 10.7 Å². The number of rotatable bonds is 5. The van der Waals surface area contributed by atoms with Crippen LogP contribution in [0.2, 0.25) is 0 Å². The highest BCUT2D eigenvalue weighted by Gasteiger charge is 2.18. The third-order valence-electron chi connectivity index (χ3n) is 5.23. The number of H-pyrrole nitrogens is 2. The predicted molar refractivity (Wildman–Crippen MR) is 118 cm³/mol. The zero-order chi connectivity index (χ0) is 21.4. The van der Waals surface area contributed by atoms with Gasteiger partial charge in [-0.3, -0.25) is 14.9 Å². The zero-order valence-electron chi connectivity index (χ0n) is 16.8. The minimum absolute atomic E-state index is 0.101. The van der Waals surface area contributed by atoms with Crippen molar-refractivity contribution >= 4 is 33.7 Å². The summed E-state index contributed by atoms with van der Waals surface area (Å²) in [6, 6.07) is 11.3. The first-order valence-corrected chi connectivity index (χ1v) is 9.91. The Kier molecular flexibility index (Phi) is 4.55. The number of aromatic amines is 2. The lowest BCUT2D eigenvalue weighted by Crippen LogP contribution is -2.30. The first kappa shape index (κ1) is 18.7. The fraction of sp³-hybridized carbons (Fsp3) is 0.136. The van der Waals surface area contributed by atoms with Gasteiger partial charge in [-0.15, -0.1) is 0 Å². The molecule has 0 bridgehead atoms. The Bertz CT molecular complexity index is 1380. The van der Waals surface area contributed by atoms with Crippen LogP contribution in [0.5, 0.6) is 0 Å². The van der Waals surface area contributed by atoms with Crippen LogP contribution in [0.15, 0.2) is 55.0 Å². The number of anilines is 1. The van der Waals surface area contributed by atoms with Crippen molar-refractivity contribution in [1.82, 2.24) is 35.0 Å². The Balaban J connectivity index is 1.52. The second-order valence-electron chi connectivity index (χ2n) is 7.17. The van der Waals surface area contributed by atoms with Gasteiger partial charge in [-0.1, -0.05) is 6.07 Å². The van der Waals surface area contributed by atoms with Gasteiger partial charge < -0.3 is 15.6 Å². The molecule has 1 aromatic carbocycles. The highest BCUT2D eigenvalue weighted by molar-refractivity contribution is 6.07. The molecule has 0 unspecified atom stereocenters. The highest BCUT2D eigenvalue weighted by Crippen LogP contribution is 2.29.